The summed E-state index contributed by atoms with van der Waals surface area (Å²) in [6.45, 7) is 3.10. The van der Waals surface area contributed by atoms with Crippen LogP contribution in [0.4, 0.5) is 22.0 Å². The van der Waals surface area contributed by atoms with Crippen molar-refractivity contribution in [1.82, 2.24) is 0 Å². The minimum Gasteiger partial charge on any atom is -0.455 e. The Balaban J connectivity index is 4.07. The molecule has 3 nitrogen and oxygen atoms in total. The number of hydrogen-bond acceptors (Lipinski definition) is 3. The van der Waals surface area contributed by atoms with Crippen LogP contribution in [0.25, 0.3) is 0 Å². The van der Waals surface area contributed by atoms with Crippen LogP contribution in [-0.4, -0.2) is 37.9 Å². The number of carbonyl (C=O) groups is 1. The van der Waals surface area contributed by atoms with Crippen molar-refractivity contribution in [2.45, 2.75) is 31.9 Å². The second-order valence-corrected chi connectivity index (χ2v) is 3.79. The molecule has 0 aromatic heterocycles. The van der Waals surface area contributed by atoms with Crippen LogP contribution in [0.3, 0.4) is 0 Å². The van der Waals surface area contributed by atoms with Gasteiger partial charge >= 0.3 is 18.1 Å². The SMILES string of the molecule is C=C(COCCCC)C(=O)OCC(F)(F)C(F)(F)F. The van der Waals surface area contributed by atoms with Gasteiger partial charge in [-0.3, -0.25) is 0 Å². The lowest BCUT2D eigenvalue weighted by atomic mass is 10.3. The third kappa shape index (κ3) is 6.51. The summed E-state index contributed by atoms with van der Waals surface area (Å²) in [4.78, 5) is 11.1. The van der Waals surface area contributed by atoms with Crippen LogP contribution < -0.4 is 0 Å². The van der Waals surface area contributed by atoms with Crippen molar-refractivity contribution in [3.63, 3.8) is 0 Å². The number of carbonyl (C=O) groups excluding carboxylic acids is 1. The molecule has 0 aromatic rings. The Labute approximate surface area is 107 Å². The van der Waals surface area contributed by atoms with E-state index in [0.717, 1.165) is 12.8 Å². The molecule has 0 radical (unpaired) electrons. The zero-order chi connectivity index (χ0) is 15.1. The summed E-state index contributed by atoms with van der Waals surface area (Å²) in [5.41, 5.74) is -0.311. The quantitative estimate of drug-likeness (QED) is 0.298. The van der Waals surface area contributed by atoms with Crippen LogP contribution in [-0.2, 0) is 14.3 Å². The smallest absolute Gasteiger partial charge is 0.455 e. The van der Waals surface area contributed by atoms with E-state index in [4.69, 9.17) is 4.74 Å². The fourth-order valence-corrected chi connectivity index (χ4v) is 0.841. The van der Waals surface area contributed by atoms with Crippen LogP contribution >= 0.6 is 0 Å². The molecule has 0 saturated heterocycles. The molecular weight excluding hydrogens is 275 g/mol. The highest BCUT2D eigenvalue weighted by atomic mass is 19.4. The molecule has 8 heteroatoms. The number of unbranched alkanes of at least 4 members (excludes halogenated alkanes) is 1. The fraction of sp³-hybridized carbons (Fsp3) is 0.727. The van der Waals surface area contributed by atoms with Crippen molar-refractivity contribution in [2.24, 2.45) is 0 Å². The van der Waals surface area contributed by atoms with Crippen molar-refractivity contribution >= 4 is 5.97 Å². The molecule has 0 spiro atoms. The van der Waals surface area contributed by atoms with Gasteiger partial charge in [0.05, 0.1) is 12.2 Å². The van der Waals surface area contributed by atoms with Gasteiger partial charge in [-0.25, -0.2) is 4.79 Å². The standard InChI is InChI=1S/C11H15F5O3/c1-3-4-5-18-6-8(2)9(17)19-7-10(12,13)11(14,15)16/h2-7H2,1H3. The highest BCUT2D eigenvalue weighted by Gasteiger charge is 2.58. The van der Waals surface area contributed by atoms with Crippen LogP contribution in [0.15, 0.2) is 12.2 Å². The lowest BCUT2D eigenvalue weighted by Crippen LogP contribution is -2.41. The van der Waals surface area contributed by atoms with Crippen molar-refractivity contribution in [3.05, 3.63) is 12.2 Å². The van der Waals surface area contributed by atoms with E-state index >= 15 is 0 Å². The Hall–Kier alpha value is -1.18. The second-order valence-electron chi connectivity index (χ2n) is 3.79. The fourth-order valence-electron chi connectivity index (χ4n) is 0.841. The Morgan fingerprint density at radius 2 is 1.79 bits per heavy atom. The van der Waals surface area contributed by atoms with Crippen LogP contribution in [0.2, 0.25) is 0 Å². The maximum absolute atomic E-state index is 12.4. The normalized spacial score (nSPS) is 12.3. The van der Waals surface area contributed by atoms with Gasteiger partial charge in [-0.2, -0.15) is 22.0 Å². The molecule has 0 amide bonds. The molecule has 19 heavy (non-hydrogen) atoms. The summed E-state index contributed by atoms with van der Waals surface area (Å²) >= 11 is 0. The third-order valence-corrected chi connectivity index (χ3v) is 2.01. The molecule has 112 valence electrons. The number of alkyl halides is 5. The first kappa shape index (κ1) is 17.8. The maximum Gasteiger partial charge on any atom is 0.456 e. The molecule has 0 fully saturated rings. The molecule has 0 unspecified atom stereocenters. The van der Waals surface area contributed by atoms with E-state index in [-0.39, 0.29) is 12.2 Å². The average molecular weight is 290 g/mol. The number of rotatable bonds is 8. The van der Waals surface area contributed by atoms with Gasteiger partial charge in [0.25, 0.3) is 0 Å². The first-order valence-corrected chi connectivity index (χ1v) is 5.49. The monoisotopic (exact) mass is 290 g/mol. The lowest BCUT2D eigenvalue weighted by Gasteiger charge is -2.19. The van der Waals surface area contributed by atoms with Crippen molar-refractivity contribution < 1.29 is 36.2 Å². The Bertz CT molecular complexity index is 312. The van der Waals surface area contributed by atoms with Gasteiger partial charge in [-0.1, -0.05) is 19.9 Å². The maximum atomic E-state index is 12.4. The number of hydrogen-bond donors (Lipinski definition) is 0. The minimum absolute atomic E-state index is 0.267. The van der Waals surface area contributed by atoms with E-state index < -0.39 is 24.7 Å². The second kappa shape index (κ2) is 7.42. The van der Waals surface area contributed by atoms with Crippen molar-refractivity contribution in [2.75, 3.05) is 19.8 Å². The summed E-state index contributed by atoms with van der Waals surface area (Å²) in [5, 5.41) is 0. The molecule has 0 heterocycles. The van der Waals surface area contributed by atoms with E-state index in [2.05, 4.69) is 11.3 Å². The molecule has 0 atom stereocenters. The van der Waals surface area contributed by atoms with Crippen molar-refractivity contribution in [3.8, 4) is 0 Å². The average Bonchev–Trinajstić information content (AvgIpc) is 2.30. The number of halogens is 5. The highest BCUT2D eigenvalue weighted by molar-refractivity contribution is 5.87. The largest absolute Gasteiger partial charge is 0.456 e. The zero-order valence-corrected chi connectivity index (χ0v) is 10.4. The summed E-state index contributed by atoms with van der Waals surface area (Å²) in [5.74, 6) is -6.41. The summed E-state index contributed by atoms with van der Waals surface area (Å²) in [7, 11) is 0. The molecule has 0 N–H and O–H groups in total. The van der Waals surface area contributed by atoms with Gasteiger partial charge in [-0.05, 0) is 6.42 Å². The van der Waals surface area contributed by atoms with E-state index in [1.807, 2.05) is 6.92 Å². The zero-order valence-electron chi connectivity index (χ0n) is 10.4. The molecule has 0 rings (SSSR count). The predicted molar refractivity (Wildman–Crippen MR) is 56.8 cm³/mol. The van der Waals surface area contributed by atoms with Crippen LogP contribution in [0.5, 0.6) is 0 Å². The van der Waals surface area contributed by atoms with Gasteiger partial charge in [0.2, 0.25) is 0 Å². The van der Waals surface area contributed by atoms with E-state index in [1.54, 1.807) is 0 Å². The molecule has 0 aliphatic rings. The first-order valence-electron chi connectivity index (χ1n) is 5.49. The third-order valence-electron chi connectivity index (χ3n) is 2.01. The van der Waals surface area contributed by atoms with E-state index in [0.29, 0.717) is 6.61 Å². The van der Waals surface area contributed by atoms with Gasteiger partial charge in [-0.15, -0.1) is 0 Å². The Kier molecular flexibility index (Phi) is 6.96. The van der Waals surface area contributed by atoms with Crippen LogP contribution in [0, 0.1) is 0 Å². The van der Waals surface area contributed by atoms with Gasteiger partial charge in [0, 0.05) is 6.61 Å². The predicted octanol–water partition coefficient (Wildman–Crippen LogP) is 3.10. The lowest BCUT2D eigenvalue weighted by molar-refractivity contribution is -0.293. The summed E-state index contributed by atoms with van der Waals surface area (Å²) < 4.78 is 69.0. The molecule has 0 saturated carbocycles. The van der Waals surface area contributed by atoms with Gasteiger partial charge < -0.3 is 9.47 Å². The molecular formula is C11H15F5O3. The number of esters is 1. The first-order chi connectivity index (χ1) is 8.62. The summed E-state index contributed by atoms with van der Waals surface area (Å²) in [6, 6.07) is 0. The molecule has 0 aliphatic heterocycles. The van der Waals surface area contributed by atoms with Crippen LogP contribution in [0.1, 0.15) is 19.8 Å². The highest BCUT2D eigenvalue weighted by Crippen LogP contribution is 2.35. The molecule has 0 aliphatic carbocycles. The summed E-state index contributed by atoms with van der Waals surface area (Å²) in [6.07, 6.45) is -4.17. The topological polar surface area (TPSA) is 35.5 Å². The number of ether oxygens (including phenoxy) is 2. The molecule has 0 aromatic carbocycles. The Morgan fingerprint density at radius 3 is 2.26 bits per heavy atom. The minimum atomic E-state index is -5.76. The van der Waals surface area contributed by atoms with Gasteiger partial charge in [0.15, 0.2) is 6.61 Å². The van der Waals surface area contributed by atoms with Crippen molar-refractivity contribution in [1.29, 1.82) is 0 Å². The van der Waals surface area contributed by atoms with Gasteiger partial charge in [0.1, 0.15) is 0 Å². The Morgan fingerprint density at radius 1 is 1.21 bits per heavy atom. The van der Waals surface area contributed by atoms with E-state index in [1.165, 1.54) is 0 Å². The van der Waals surface area contributed by atoms with E-state index in [9.17, 15) is 26.7 Å². The molecule has 0 bridgehead atoms.